The van der Waals surface area contributed by atoms with E-state index < -0.39 is 74.2 Å². The molecule has 4 amide bonds. The van der Waals surface area contributed by atoms with Crippen molar-refractivity contribution in [2.75, 3.05) is 15.5 Å². The molecule has 1 aliphatic rings. The number of carbonyl (C=O) groups excluding carboxylic acids is 3. The van der Waals surface area contributed by atoms with Gasteiger partial charge in [0.05, 0.1) is 37.3 Å². The van der Waals surface area contributed by atoms with Crippen molar-refractivity contribution in [2.45, 2.75) is 62.8 Å². The largest absolute Gasteiger partial charge is 0.464 e. The third kappa shape index (κ3) is 8.19. The molecular formula is C33H29Cl6F2N3O6. The van der Waals surface area contributed by atoms with Gasteiger partial charge in [0.25, 0.3) is 5.91 Å². The molecule has 0 spiro atoms. The minimum Gasteiger partial charge on any atom is -0.464 e. The molecule has 1 aliphatic carbocycles. The van der Waals surface area contributed by atoms with Crippen LogP contribution >= 0.6 is 69.6 Å². The molecule has 1 saturated carbocycles. The fourth-order valence-corrected chi connectivity index (χ4v) is 6.74. The van der Waals surface area contributed by atoms with Gasteiger partial charge in [0.1, 0.15) is 15.6 Å². The molecule has 2 atom stereocenters. The van der Waals surface area contributed by atoms with Gasteiger partial charge in [0.15, 0.2) is 11.6 Å². The number of amides is 4. The monoisotopic (exact) mass is 811 g/mol. The molecule has 17 heteroatoms. The number of imide groups is 1. The number of alkyl halides is 2. The number of nitrogens with one attached hydrogen (secondary N) is 2. The first-order chi connectivity index (χ1) is 22.9. The molecule has 0 aromatic heterocycles. The van der Waals surface area contributed by atoms with Crippen LogP contribution in [0.15, 0.2) is 36.4 Å². The first-order valence-electron chi connectivity index (χ1n) is 14.6. The van der Waals surface area contributed by atoms with Crippen molar-refractivity contribution in [3.8, 4) is 0 Å². The number of nitrogens with zero attached hydrogens (tertiary/aromatic N) is 1. The summed E-state index contributed by atoms with van der Waals surface area (Å²) in [4.78, 5) is 51.6. The summed E-state index contributed by atoms with van der Waals surface area (Å²) in [5, 5.41) is 15.0. The van der Waals surface area contributed by atoms with Crippen LogP contribution < -0.4 is 15.5 Å². The maximum absolute atomic E-state index is 16.3. The van der Waals surface area contributed by atoms with Crippen LogP contribution in [0.4, 0.5) is 35.4 Å². The van der Waals surface area contributed by atoms with Crippen LogP contribution in [0.1, 0.15) is 68.9 Å². The third-order valence-corrected chi connectivity index (χ3v) is 9.88. The van der Waals surface area contributed by atoms with Gasteiger partial charge < -0.3 is 20.5 Å². The minimum atomic E-state index is -2.04. The lowest BCUT2D eigenvalue weighted by Gasteiger charge is -2.28. The predicted molar refractivity (Wildman–Crippen MR) is 192 cm³/mol. The van der Waals surface area contributed by atoms with Gasteiger partial charge in [0, 0.05) is 11.6 Å². The van der Waals surface area contributed by atoms with Crippen LogP contribution in [0.2, 0.25) is 20.1 Å². The van der Waals surface area contributed by atoms with Crippen molar-refractivity contribution in [2.24, 2.45) is 5.92 Å². The second-order valence-electron chi connectivity index (χ2n) is 13.4. The van der Waals surface area contributed by atoms with E-state index in [0.29, 0.717) is 5.56 Å². The highest BCUT2D eigenvalue weighted by Gasteiger charge is 2.67. The first kappa shape index (κ1) is 39.7. The summed E-state index contributed by atoms with van der Waals surface area (Å²) in [5.74, 6) is -6.32. The molecule has 9 nitrogen and oxygen atoms in total. The highest BCUT2D eigenvalue weighted by molar-refractivity contribution is 6.54. The van der Waals surface area contributed by atoms with Crippen molar-refractivity contribution in [3.63, 3.8) is 0 Å². The van der Waals surface area contributed by atoms with Crippen LogP contribution in [-0.4, -0.2) is 39.0 Å². The van der Waals surface area contributed by atoms with Crippen LogP contribution in [-0.2, 0) is 14.9 Å². The predicted octanol–water partition coefficient (Wildman–Crippen LogP) is 11.1. The van der Waals surface area contributed by atoms with E-state index >= 15 is 8.78 Å². The molecule has 0 bridgehead atoms. The van der Waals surface area contributed by atoms with Crippen LogP contribution in [0, 0.1) is 17.6 Å². The van der Waals surface area contributed by atoms with Crippen LogP contribution in [0.25, 0.3) is 0 Å². The standard InChI is InChI=1S/C33H29Cl6F2N3O6/c1-31(2,3)16-12-20(40)26(44(29(47)48)30(49)50-32(4,5)6)24(41)25(16)43-27(45)15-11-14(7-8-17(15)34)42-28(46)22-21(33(22,38)39)13-9-18(35)23(37)19(36)10-13/h7-12,21-22H,1-6H3,(H,42,46)(H,43,45)(H,47,48)/t21-,22+/m0/s1. The Labute approximate surface area is 316 Å². The summed E-state index contributed by atoms with van der Waals surface area (Å²) in [6.07, 6.45) is -3.62. The Morgan fingerprint density at radius 2 is 1.46 bits per heavy atom. The van der Waals surface area contributed by atoms with Gasteiger partial charge in [-0.15, -0.1) is 23.2 Å². The quantitative estimate of drug-likeness (QED) is 0.168. The number of hydrogen-bond donors (Lipinski definition) is 3. The van der Waals surface area contributed by atoms with E-state index in [-0.39, 0.29) is 41.8 Å². The molecule has 0 heterocycles. The molecule has 268 valence electrons. The maximum atomic E-state index is 16.3. The van der Waals surface area contributed by atoms with Crippen molar-refractivity contribution < 1.29 is 37.8 Å². The minimum absolute atomic E-state index is 0.0739. The highest BCUT2D eigenvalue weighted by Crippen LogP contribution is 2.65. The molecule has 50 heavy (non-hydrogen) atoms. The summed E-state index contributed by atoms with van der Waals surface area (Å²) in [7, 11) is 0. The third-order valence-electron chi connectivity index (χ3n) is 7.41. The zero-order valence-corrected chi connectivity index (χ0v) is 31.6. The summed E-state index contributed by atoms with van der Waals surface area (Å²) >= 11 is 37.6. The van der Waals surface area contributed by atoms with Crippen molar-refractivity contribution in [1.29, 1.82) is 0 Å². The Morgan fingerprint density at radius 1 is 0.880 bits per heavy atom. The SMILES string of the molecule is CC(C)(C)OC(=O)N(C(=O)O)c1c(F)cc(C(C)(C)C)c(NC(=O)c2cc(NC(=O)[C@H]3[C@H](c4cc(Cl)c(Cl)c(Cl)c4)C3(Cl)Cl)ccc2Cl)c1F. The van der Waals surface area contributed by atoms with Gasteiger partial charge in [-0.25, -0.2) is 18.4 Å². The van der Waals surface area contributed by atoms with Crippen LogP contribution in [0.3, 0.4) is 0 Å². The van der Waals surface area contributed by atoms with Gasteiger partial charge in [-0.3, -0.25) is 9.59 Å². The highest BCUT2D eigenvalue weighted by atomic mass is 35.5. The Morgan fingerprint density at radius 3 is 1.98 bits per heavy atom. The van der Waals surface area contributed by atoms with Crippen molar-refractivity contribution >= 4 is 111 Å². The van der Waals surface area contributed by atoms with Gasteiger partial charge >= 0.3 is 12.2 Å². The molecule has 0 unspecified atom stereocenters. The van der Waals surface area contributed by atoms with E-state index in [1.54, 1.807) is 20.8 Å². The van der Waals surface area contributed by atoms with E-state index in [9.17, 15) is 24.3 Å². The smallest absolute Gasteiger partial charge is 0.424 e. The molecule has 3 N–H and O–H groups in total. The number of halogens is 8. The zero-order valence-electron chi connectivity index (χ0n) is 27.1. The van der Waals surface area contributed by atoms with E-state index in [4.69, 9.17) is 74.3 Å². The second kappa shape index (κ2) is 14.2. The number of benzene rings is 3. The number of rotatable bonds is 6. The summed E-state index contributed by atoms with van der Waals surface area (Å²) in [6, 6.07) is 7.66. The Balaban J connectivity index is 1.68. The Kier molecular flexibility index (Phi) is 11.3. The average molecular weight is 814 g/mol. The molecule has 0 aliphatic heterocycles. The lowest BCUT2D eigenvalue weighted by Crippen LogP contribution is -2.41. The number of anilines is 3. The van der Waals surface area contributed by atoms with Crippen LogP contribution in [0.5, 0.6) is 0 Å². The van der Waals surface area contributed by atoms with E-state index in [0.717, 1.165) is 6.07 Å². The number of hydrogen-bond acceptors (Lipinski definition) is 5. The molecule has 4 rings (SSSR count). The number of carboxylic acid groups (broad SMARTS) is 1. The first-order valence-corrected chi connectivity index (χ1v) is 16.9. The van der Waals surface area contributed by atoms with E-state index in [2.05, 4.69) is 10.6 Å². The average Bonchev–Trinajstić information content (AvgIpc) is 3.55. The zero-order chi connectivity index (χ0) is 37.8. The molecule has 3 aromatic rings. The van der Waals surface area contributed by atoms with Gasteiger partial charge in [-0.2, -0.15) is 4.90 Å². The summed E-state index contributed by atoms with van der Waals surface area (Å²) in [5.41, 5.74) is -3.96. The topological polar surface area (TPSA) is 125 Å². The maximum Gasteiger partial charge on any atom is 0.424 e. The normalized spacial score (nSPS) is 16.8. The van der Waals surface area contributed by atoms with Gasteiger partial charge in [-0.05, 0) is 73.7 Å². The second-order valence-corrected chi connectivity index (χ2v) is 16.4. The Hall–Kier alpha value is -3.06. The van der Waals surface area contributed by atoms with E-state index in [1.807, 2.05) is 0 Å². The fraction of sp³-hybridized carbons (Fsp3) is 0.333. The number of ether oxygens (including phenoxy) is 1. The lowest BCUT2D eigenvalue weighted by atomic mass is 9.85. The van der Waals surface area contributed by atoms with Crippen molar-refractivity contribution in [1.82, 2.24) is 0 Å². The molecule has 3 aromatic carbocycles. The molecule has 0 radical (unpaired) electrons. The van der Waals surface area contributed by atoms with Gasteiger partial charge in [0.2, 0.25) is 5.91 Å². The molecule has 1 fully saturated rings. The molecular weight excluding hydrogens is 785 g/mol. The molecule has 0 saturated heterocycles. The summed E-state index contributed by atoms with van der Waals surface area (Å²) in [6.45, 7) is 9.07. The van der Waals surface area contributed by atoms with E-state index in [1.165, 1.54) is 51.1 Å². The Bertz CT molecular complexity index is 1910. The number of carbonyl (C=O) groups is 4. The van der Waals surface area contributed by atoms with Gasteiger partial charge in [-0.1, -0.05) is 67.2 Å². The fourth-order valence-electron chi connectivity index (χ4n) is 5.10. The lowest BCUT2D eigenvalue weighted by molar-refractivity contribution is -0.117. The van der Waals surface area contributed by atoms with Crippen molar-refractivity contribution in [3.05, 3.63) is 84.8 Å². The summed E-state index contributed by atoms with van der Waals surface area (Å²) < 4.78 is 35.3.